The second-order valence-electron chi connectivity index (χ2n) is 11.3. The maximum Gasteiger partial charge on any atom is 0.411 e. The van der Waals surface area contributed by atoms with Gasteiger partial charge in [-0.25, -0.2) is 13.6 Å². The van der Waals surface area contributed by atoms with Crippen LogP contribution in [0.5, 0.6) is 5.75 Å². The highest BCUT2D eigenvalue weighted by Crippen LogP contribution is 2.18. The van der Waals surface area contributed by atoms with E-state index in [1.54, 1.807) is 48.2 Å². The number of carbonyl (C=O) groups excluding carboxylic acids is 3. The highest BCUT2D eigenvalue weighted by atomic mass is 19.1. The number of carbonyl (C=O) groups is 3. The second kappa shape index (κ2) is 18.0. The van der Waals surface area contributed by atoms with Gasteiger partial charge in [-0.3, -0.25) is 14.9 Å². The molecule has 0 radical (unpaired) electrons. The third-order valence-corrected chi connectivity index (χ3v) is 7.34. The Morgan fingerprint density at radius 1 is 0.894 bits per heavy atom. The number of aliphatic hydroxyl groups is 1. The molecule has 4 N–H and O–H groups in total. The van der Waals surface area contributed by atoms with Gasteiger partial charge in [-0.1, -0.05) is 19.9 Å². The minimum Gasteiger partial charge on any atom is -0.497 e. The molecule has 2 atom stereocenters. The quantitative estimate of drug-likeness (QED) is 0.194. The molecule has 0 aliphatic carbocycles. The van der Waals surface area contributed by atoms with Crippen molar-refractivity contribution in [1.82, 2.24) is 9.80 Å². The number of amides is 3. The van der Waals surface area contributed by atoms with Crippen LogP contribution < -0.4 is 15.8 Å². The van der Waals surface area contributed by atoms with Crippen molar-refractivity contribution >= 4 is 23.6 Å². The van der Waals surface area contributed by atoms with E-state index >= 15 is 0 Å². The molecular weight excluding hydrogens is 610 g/mol. The van der Waals surface area contributed by atoms with Crippen LogP contribution in [0.4, 0.5) is 19.3 Å². The number of aryl methyl sites for hydroxylation is 1. The van der Waals surface area contributed by atoms with Crippen LogP contribution >= 0.6 is 0 Å². The standard InChI is InChI=1S/C35H44F2N4O6/c1-5-10-40(11-6-2)33(43)25-14-23(3)15-26(19-25)34(44)41(12-13-47-35(45)39-29-8-7-9-30(21-29)46-4)22-32(42)31(38)18-24-16-27(36)20-28(37)17-24/h7-9,14-17,19-21,31-32,42H,5-6,10-13,18,22,38H2,1-4H3,(H,39,45)/t31-,32+/m0/s1. The number of aliphatic hydroxyl groups excluding tert-OH is 1. The Labute approximate surface area is 274 Å². The fourth-order valence-electron chi connectivity index (χ4n) is 5.13. The lowest BCUT2D eigenvalue weighted by atomic mass is 10.0. The number of rotatable bonds is 16. The van der Waals surface area contributed by atoms with Gasteiger partial charge in [0.15, 0.2) is 0 Å². The van der Waals surface area contributed by atoms with Crippen molar-refractivity contribution in [2.75, 3.05) is 45.2 Å². The minimum absolute atomic E-state index is 0.0644. The molecule has 0 aromatic heterocycles. The van der Waals surface area contributed by atoms with Gasteiger partial charge in [0, 0.05) is 54.6 Å². The summed E-state index contributed by atoms with van der Waals surface area (Å²) in [5.41, 5.74) is 8.14. The van der Waals surface area contributed by atoms with Gasteiger partial charge in [-0.15, -0.1) is 0 Å². The van der Waals surface area contributed by atoms with Gasteiger partial charge in [0.1, 0.15) is 24.0 Å². The molecule has 47 heavy (non-hydrogen) atoms. The van der Waals surface area contributed by atoms with Crippen molar-refractivity contribution in [3.05, 3.63) is 94.6 Å². The normalized spacial score (nSPS) is 12.2. The van der Waals surface area contributed by atoms with Crippen molar-refractivity contribution < 1.29 is 37.7 Å². The minimum atomic E-state index is -1.31. The molecule has 0 saturated carbocycles. The summed E-state index contributed by atoms with van der Waals surface area (Å²) in [6, 6.07) is 13.5. The molecule has 0 aliphatic rings. The number of nitrogens with zero attached hydrogens (tertiary/aromatic N) is 2. The molecule has 0 heterocycles. The van der Waals surface area contributed by atoms with Gasteiger partial charge in [0.2, 0.25) is 0 Å². The molecule has 0 aliphatic heterocycles. The molecule has 3 rings (SSSR count). The number of methoxy groups -OCH3 is 1. The fourth-order valence-corrected chi connectivity index (χ4v) is 5.13. The van der Waals surface area contributed by atoms with Crippen LogP contribution in [0.15, 0.2) is 60.7 Å². The lowest BCUT2D eigenvalue weighted by Crippen LogP contribution is -2.47. The zero-order valence-corrected chi connectivity index (χ0v) is 27.3. The predicted octanol–water partition coefficient (Wildman–Crippen LogP) is 5.17. The lowest BCUT2D eigenvalue weighted by Gasteiger charge is -2.28. The van der Waals surface area contributed by atoms with E-state index in [-0.39, 0.29) is 43.2 Å². The van der Waals surface area contributed by atoms with Crippen molar-refractivity contribution in [1.29, 1.82) is 0 Å². The van der Waals surface area contributed by atoms with E-state index in [2.05, 4.69) is 5.32 Å². The Kier molecular flexibility index (Phi) is 14.1. The van der Waals surface area contributed by atoms with Crippen molar-refractivity contribution in [2.24, 2.45) is 5.73 Å². The maximum absolute atomic E-state index is 13.9. The van der Waals surface area contributed by atoms with E-state index in [9.17, 15) is 28.3 Å². The van der Waals surface area contributed by atoms with Gasteiger partial charge >= 0.3 is 6.09 Å². The number of halogens is 2. The number of benzene rings is 3. The number of hydrogen-bond acceptors (Lipinski definition) is 7. The lowest BCUT2D eigenvalue weighted by molar-refractivity contribution is 0.0513. The van der Waals surface area contributed by atoms with Crippen molar-refractivity contribution in [2.45, 2.75) is 52.2 Å². The van der Waals surface area contributed by atoms with Crippen LogP contribution in [-0.2, 0) is 11.2 Å². The summed E-state index contributed by atoms with van der Waals surface area (Å²) in [6.45, 7) is 6.24. The monoisotopic (exact) mass is 654 g/mol. The van der Waals surface area contributed by atoms with E-state index in [1.165, 1.54) is 18.1 Å². The van der Waals surface area contributed by atoms with Crippen molar-refractivity contribution in [3.8, 4) is 5.75 Å². The van der Waals surface area contributed by atoms with Gasteiger partial charge in [-0.05, 0) is 79.8 Å². The molecule has 3 aromatic carbocycles. The number of nitrogens with one attached hydrogen (secondary N) is 1. The van der Waals surface area contributed by atoms with Crippen LogP contribution in [0.3, 0.4) is 0 Å². The average molecular weight is 655 g/mol. The molecule has 254 valence electrons. The second-order valence-corrected chi connectivity index (χ2v) is 11.3. The maximum atomic E-state index is 13.9. The summed E-state index contributed by atoms with van der Waals surface area (Å²) < 4.78 is 38.0. The summed E-state index contributed by atoms with van der Waals surface area (Å²) in [7, 11) is 1.50. The van der Waals surface area contributed by atoms with Crippen LogP contribution in [0, 0.1) is 18.6 Å². The Hall–Kier alpha value is -4.55. The number of nitrogens with two attached hydrogens (primary N) is 1. The topological polar surface area (TPSA) is 134 Å². The summed E-state index contributed by atoms with van der Waals surface area (Å²) in [6.07, 6.45) is -0.588. The molecule has 0 fully saturated rings. The first-order chi connectivity index (χ1) is 22.4. The Morgan fingerprint density at radius 3 is 2.11 bits per heavy atom. The van der Waals surface area contributed by atoms with Crippen LogP contribution in [0.25, 0.3) is 0 Å². The van der Waals surface area contributed by atoms with Gasteiger partial charge in [0.25, 0.3) is 11.8 Å². The molecular formula is C35H44F2N4O6. The fraction of sp³-hybridized carbons (Fsp3) is 0.400. The molecule has 0 bridgehead atoms. The summed E-state index contributed by atoms with van der Waals surface area (Å²) >= 11 is 0. The molecule has 3 aromatic rings. The molecule has 3 amide bonds. The number of anilines is 1. The molecule has 0 saturated heterocycles. The van der Waals surface area contributed by atoms with Crippen LogP contribution in [0.1, 0.15) is 58.5 Å². The van der Waals surface area contributed by atoms with Crippen LogP contribution in [-0.4, -0.2) is 84.9 Å². The molecule has 10 nitrogen and oxygen atoms in total. The SMILES string of the molecule is CCCN(CCC)C(=O)c1cc(C)cc(C(=O)N(CCOC(=O)Nc2cccc(OC)c2)C[C@@H](O)[C@@H](N)Cc2cc(F)cc(F)c2)c1. The van der Waals surface area contributed by atoms with E-state index in [4.69, 9.17) is 15.2 Å². The Balaban J connectivity index is 1.81. The summed E-state index contributed by atoms with van der Waals surface area (Å²) in [5.74, 6) is -1.73. The number of ether oxygens (including phenoxy) is 2. The van der Waals surface area contributed by atoms with Crippen LogP contribution in [0.2, 0.25) is 0 Å². The van der Waals surface area contributed by atoms with E-state index in [1.807, 2.05) is 13.8 Å². The van der Waals surface area contributed by atoms with Gasteiger partial charge in [-0.2, -0.15) is 0 Å². The highest BCUT2D eigenvalue weighted by molar-refractivity contribution is 6.00. The van der Waals surface area contributed by atoms with E-state index in [0.29, 0.717) is 35.7 Å². The zero-order chi connectivity index (χ0) is 34.5. The summed E-state index contributed by atoms with van der Waals surface area (Å²) in [5, 5.41) is 13.6. The van der Waals surface area contributed by atoms with E-state index < -0.39 is 35.8 Å². The van der Waals surface area contributed by atoms with Crippen molar-refractivity contribution in [3.63, 3.8) is 0 Å². The predicted molar refractivity (Wildman–Crippen MR) is 176 cm³/mol. The first-order valence-electron chi connectivity index (χ1n) is 15.6. The summed E-state index contributed by atoms with van der Waals surface area (Å²) in [4.78, 5) is 42.8. The Bertz CT molecular complexity index is 1490. The number of hydrogen-bond donors (Lipinski definition) is 3. The molecule has 0 spiro atoms. The Morgan fingerprint density at radius 2 is 1.51 bits per heavy atom. The first-order valence-corrected chi connectivity index (χ1v) is 15.6. The smallest absolute Gasteiger partial charge is 0.411 e. The third kappa shape index (κ3) is 11.3. The molecule has 12 heteroatoms. The average Bonchev–Trinajstić information content (AvgIpc) is 3.02. The largest absolute Gasteiger partial charge is 0.497 e. The van der Waals surface area contributed by atoms with Gasteiger partial charge < -0.3 is 30.1 Å². The first kappa shape index (κ1) is 36.9. The molecule has 0 unspecified atom stereocenters. The zero-order valence-electron chi connectivity index (χ0n) is 27.3. The third-order valence-electron chi connectivity index (χ3n) is 7.34. The highest BCUT2D eigenvalue weighted by Gasteiger charge is 2.25. The van der Waals surface area contributed by atoms with E-state index in [0.717, 1.165) is 31.0 Å². The van der Waals surface area contributed by atoms with Gasteiger partial charge in [0.05, 0.1) is 19.8 Å².